The molecule has 0 radical (unpaired) electrons. The number of nitrogens with zero attached hydrogens (tertiary/aromatic N) is 1. The number of amides is 1. The summed E-state index contributed by atoms with van der Waals surface area (Å²) < 4.78 is 0.757. The standard InChI is InChI=1S/C14H9BrClN3O/c15-10-5-4-8(6-11(10)16)14(20)18-12-2-1-3-13-9(12)7-17-19-13/h1-7H,(H,17,19)(H,18,20). The van der Waals surface area contributed by atoms with E-state index in [2.05, 4.69) is 31.4 Å². The molecule has 0 aliphatic rings. The van der Waals surface area contributed by atoms with Crippen molar-refractivity contribution >= 4 is 50.0 Å². The zero-order valence-corrected chi connectivity index (χ0v) is 12.5. The fourth-order valence-electron chi connectivity index (χ4n) is 1.91. The van der Waals surface area contributed by atoms with E-state index in [-0.39, 0.29) is 5.91 Å². The van der Waals surface area contributed by atoms with Gasteiger partial charge in [0.05, 0.1) is 22.4 Å². The van der Waals surface area contributed by atoms with Crippen LogP contribution in [0.25, 0.3) is 10.9 Å². The van der Waals surface area contributed by atoms with E-state index in [0.717, 1.165) is 15.4 Å². The van der Waals surface area contributed by atoms with Crippen molar-refractivity contribution in [1.82, 2.24) is 10.2 Å². The van der Waals surface area contributed by atoms with Crippen LogP contribution in [0.5, 0.6) is 0 Å². The zero-order valence-electron chi connectivity index (χ0n) is 10.2. The summed E-state index contributed by atoms with van der Waals surface area (Å²) in [4.78, 5) is 12.2. The molecule has 0 bridgehead atoms. The molecule has 0 unspecified atom stereocenters. The van der Waals surface area contributed by atoms with Gasteiger partial charge < -0.3 is 5.32 Å². The third-order valence-electron chi connectivity index (χ3n) is 2.91. The van der Waals surface area contributed by atoms with Gasteiger partial charge in [-0.15, -0.1) is 0 Å². The summed E-state index contributed by atoms with van der Waals surface area (Å²) >= 11 is 9.29. The first kappa shape index (κ1) is 13.1. The Balaban J connectivity index is 1.92. The van der Waals surface area contributed by atoms with Crippen LogP contribution in [-0.4, -0.2) is 16.1 Å². The van der Waals surface area contributed by atoms with Gasteiger partial charge in [-0.05, 0) is 46.3 Å². The van der Waals surface area contributed by atoms with Crippen molar-refractivity contribution in [3.63, 3.8) is 0 Å². The number of halogens is 2. The lowest BCUT2D eigenvalue weighted by Crippen LogP contribution is -2.11. The maximum atomic E-state index is 12.2. The van der Waals surface area contributed by atoms with E-state index in [1.54, 1.807) is 24.4 Å². The Morgan fingerprint density at radius 2 is 2.15 bits per heavy atom. The van der Waals surface area contributed by atoms with E-state index in [9.17, 15) is 4.79 Å². The summed E-state index contributed by atoms with van der Waals surface area (Å²) in [7, 11) is 0. The Morgan fingerprint density at radius 1 is 1.30 bits per heavy atom. The van der Waals surface area contributed by atoms with Gasteiger partial charge in [0.2, 0.25) is 0 Å². The molecule has 3 rings (SSSR count). The van der Waals surface area contributed by atoms with E-state index < -0.39 is 0 Å². The largest absolute Gasteiger partial charge is 0.321 e. The highest BCUT2D eigenvalue weighted by molar-refractivity contribution is 9.10. The van der Waals surface area contributed by atoms with Gasteiger partial charge in [0.1, 0.15) is 0 Å². The van der Waals surface area contributed by atoms with Gasteiger partial charge in [-0.2, -0.15) is 5.10 Å². The van der Waals surface area contributed by atoms with Crippen molar-refractivity contribution in [2.75, 3.05) is 5.32 Å². The van der Waals surface area contributed by atoms with Crippen LogP contribution in [0.3, 0.4) is 0 Å². The van der Waals surface area contributed by atoms with Crippen molar-refractivity contribution in [3.05, 3.63) is 57.7 Å². The van der Waals surface area contributed by atoms with Gasteiger partial charge in [-0.25, -0.2) is 0 Å². The minimum absolute atomic E-state index is 0.215. The van der Waals surface area contributed by atoms with Crippen LogP contribution < -0.4 is 5.32 Å². The molecule has 2 aromatic carbocycles. The number of benzene rings is 2. The van der Waals surface area contributed by atoms with Crippen LogP contribution >= 0.6 is 27.5 Å². The second-order valence-corrected chi connectivity index (χ2v) is 5.48. The normalized spacial score (nSPS) is 10.7. The maximum absolute atomic E-state index is 12.2. The summed E-state index contributed by atoms with van der Waals surface area (Å²) in [6.45, 7) is 0. The molecule has 0 saturated heterocycles. The molecule has 0 saturated carbocycles. The number of anilines is 1. The van der Waals surface area contributed by atoms with Crippen LogP contribution in [0.4, 0.5) is 5.69 Å². The Hall–Kier alpha value is -1.85. The summed E-state index contributed by atoms with van der Waals surface area (Å²) in [5, 5.41) is 11.1. The molecular formula is C14H9BrClN3O. The van der Waals surface area contributed by atoms with Gasteiger partial charge in [-0.3, -0.25) is 9.89 Å². The third-order valence-corrected chi connectivity index (χ3v) is 4.15. The number of H-pyrrole nitrogens is 1. The molecule has 100 valence electrons. The van der Waals surface area contributed by atoms with Crippen molar-refractivity contribution in [2.24, 2.45) is 0 Å². The molecule has 1 heterocycles. The lowest BCUT2D eigenvalue weighted by molar-refractivity contribution is 0.102. The first-order chi connectivity index (χ1) is 9.65. The topological polar surface area (TPSA) is 57.8 Å². The number of rotatable bonds is 2. The number of hydrogen-bond acceptors (Lipinski definition) is 2. The summed E-state index contributed by atoms with van der Waals surface area (Å²) in [6, 6.07) is 10.7. The fraction of sp³-hybridized carbons (Fsp3) is 0. The molecule has 0 fully saturated rings. The smallest absolute Gasteiger partial charge is 0.255 e. The molecule has 2 N–H and O–H groups in total. The Labute approximate surface area is 128 Å². The molecular weight excluding hydrogens is 342 g/mol. The fourth-order valence-corrected chi connectivity index (χ4v) is 2.34. The predicted octanol–water partition coefficient (Wildman–Crippen LogP) is 4.23. The average molecular weight is 351 g/mol. The SMILES string of the molecule is O=C(Nc1cccc2[nH]ncc12)c1ccc(Br)c(Cl)c1. The van der Waals surface area contributed by atoms with Crippen molar-refractivity contribution in [2.45, 2.75) is 0 Å². The van der Waals surface area contributed by atoms with Gasteiger partial charge in [0.15, 0.2) is 0 Å². The van der Waals surface area contributed by atoms with Crippen molar-refractivity contribution in [3.8, 4) is 0 Å². The number of hydrogen-bond donors (Lipinski definition) is 2. The maximum Gasteiger partial charge on any atom is 0.255 e. The number of carbonyl (C=O) groups excluding carboxylic acids is 1. The van der Waals surface area contributed by atoms with Crippen molar-refractivity contribution in [1.29, 1.82) is 0 Å². The monoisotopic (exact) mass is 349 g/mol. The average Bonchev–Trinajstić information content (AvgIpc) is 2.91. The van der Waals surface area contributed by atoms with E-state index in [1.165, 1.54) is 0 Å². The Kier molecular flexibility index (Phi) is 3.46. The molecule has 1 aromatic heterocycles. The second-order valence-electron chi connectivity index (χ2n) is 4.22. The number of carbonyl (C=O) groups is 1. The minimum Gasteiger partial charge on any atom is -0.321 e. The predicted molar refractivity (Wildman–Crippen MR) is 83.2 cm³/mol. The van der Waals surface area contributed by atoms with E-state index >= 15 is 0 Å². The van der Waals surface area contributed by atoms with Crippen LogP contribution in [0.1, 0.15) is 10.4 Å². The summed E-state index contributed by atoms with van der Waals surface area (Å²) in [5.74, 6) is -0.215. The lowest BCUT2D eigenvalue weighted by atomic mass is 10.2. The quantitative estimate of drug-likeness (QED) is 0.726. The molecule has 20 heavy (non-hydrogen) atoms. The van der Waals surface area contributed by atoms with Gasteiger partial charge >= 0.3 is 0 Å². The number of nitrogens with one attached hydrogen (secondary N) is 2. The number of aromatic amines is 1. The third kappa shape index (κ3) is 2.42. The first-order valence-electron chi connectivity index (χ1n) is 5.83. The molecule has 0 spiro atoms. The highest BCUT2D eigenvalue weighted by Crippen LogP contribution is 2.25. The van der Waals surface area contributed by atoms with E-state index in [1.807, 2.05) is 18.2 Å². The van der Waals surface area contributed by atoms with Crippen LogP contribution in [0.2, 0.25) is 5.02 Å². The number of aromatic nitrogens is 2. The minimum atomic E-state index is -0.215. The highest BCUT2D eigenvalue weighted by atomic mass is 79.9. The van der Waals surface area contributed by atoms with Gasteiger partial charge in [-0.1, -0.05) is 17.7 Å². The Bertz CT molecular complexity index is 800. The lowest BCUT2D eigenvalue weighted by Gasteiger charge is -2.07. The molecule has 3 aromatic rings. The van der Waals surface area contributed by atoms with Crippen LogP contribution in [-0.2, 0) is 0 Å². The van der Waals surface area contributed by atoms with E-state index in [4.69, 9.17) is 11.6 Å². The van der Waals surface area contributed by atoms with Crippen molar-refractivity contribution < 1.29 is 4.79 Å². The Morgan fingerprint density at radius 3 is 2.95 bits per heavy atom. The second kappa shape index (κ2) is 5.26. The first-order valence-corrected chi connectivity index (χ1v) is 7.01. The molecule has 0 aliphatic heterocycles. The van der Waals surface area contributed by atoms with E-state index in [0.29, 0.717) is 16.3 Å². The molecule has 0 atom stereocenters. The molecule has 6 heteroatoms. The number of fused-ring (bicyclic) bond motifs is 1. The van der Waals surface area contributed by atoms with Gasteiger partial charge in [0.25, 0.3) is 5.91 Å². The molecule has 0 aliphatic carbocycles. The highest BCUT2D eigenvalue weighted by Gasteiger charge is 2.10. The summed E-state index contributed by atoms with van der Waals surface area (Å²) in [6.07, 6.45) is 1.68. The summed E-state index contributed by atoms with van der Waals surface area (Å²) in [5.41, 5.74) is 2.08. The van der Waals surface area contributed by atoms with Crippen LogP contribution in [0, 0.1) is 0 Å². The zero-order chi connectivity index (χ0) is 14.1. The molecule has 4 nitrogen and oxygen atoms in total. The van der Waals surface area contributed by atoms with Gasteiger partial charge in [0, 0.05) is 15.4 Å². The van der Waals surface area contributed by atoms with Crippen LogP contribution in [0.15, 0.2) is 47.1 Å². The molecule has 1 amide bonds.